The summed E-state index contributed by atoms with van der Waals surface area (Å²) in [5.74, 6) is 0.590. The van der Waals surface area contributed by atoms with E-state index in [1.807, 2.05) is 36.5 Å². The summed E-state index contributed by atoms with van der Waals surface area (Å²) < 4.78 is 15.0. The molecule has 136 valence electrons. The van der Waals surface area contributed by atoms with Crippen LogP contribution in [-0.2, 0) is 6.42 Å². The lowest BCUT2D eigenvalue weighted by atomic mass is 10.0. The molecule has 1 aromatic carbocycles. The van der Waals surface area contributed by atoms with Crippen LogP contribution in [0.25, 0.3) is 10.9 Å². The van der Waals surface area contributed by atoms with E-state index in [2.05, 4.69) is 30.5 Å². The molecule has 4 aromatic rings. The Morgan fingerprint density at radius 3 is 2.96 bits per heavy atom. The van der Waals surface area contributed by atoms with E-state index in [0.29, 0.717) is 18.2 Å². The normalized spacial score (nSPS) is 14.0. The third-order valence-corrected chi connectivity index (χ3v) is 4.84. The first-order valence-corrected chi connectivity index (χ1v) is 8.86. The smallest absolute Gasteiger partial charge is 0.222 e. The molecule has 3 heterocycles. The van der Waals surface area contributed by atoms with Gasteiger partial charge in [-0.25, -0.2) is 9.37 Å². The van der Waals surface area contributed by atoms with Gasteiger partial charge in [-0.2, -0.15) is 10.1 Å². The maximum atomic E-state index is 15.0. The molecule has 0 atom stereocenters. The summed E-state index contributed by atoms with van der Waals surface area (Å²) in [6, 6.07) is 9.71. The van der Waals surface area contributed by atoms with Gasteiger partial charge in [-0.1, -0.05) is 12.1 Å². The molecule has 27 heavy (non-hydrogen) atoms. The fraction of sp³-hybridized carbons (Fsp3) is 0.211. The molecule has 1 fully saturated rings. The summed E-state index contributed by atoms with van der Waals surface area (Å²) >= 11 is 0. The summed E-state index contributed by atoms with van der Waals surface area (Å²) in [6.07, 6.45) is 4.49. The van der Waals surface area contributed by atoms with Crippen molar-refractivity contribution in [3.8, 4) is 0 Å². The second-order valence-electron chi connectivity index (χ2n) is 6.83. The third-order valence-electron chi connectivity index (χ3n) is 4.84. The highest BCUT2D eigenvalue weighted by molar-refractivity contribution is 5.83. The number of nitrogens with one attached hydrogen (secondary N) is 3. The van der Waals surface area contributed by atoms with Gasteiger partial charge in [0.15, 0.2) is 17.5 Å². The van der Waals surface area contributed by atoms with Crippen LogP contribution in [0.4, 0.5) is 22.0 Å². The van der Waals surface area contributed by atoms with Crippen LogP contribution in [0.2, 0.25) is 0 Å². The first kappa shape index (κ1) is 15.8. The summed E-state index contributed by atoms with van der Waals surface area (Å²) in [4.78, 5) is 11.3. The Morgan fingerprint density at radius 2 is 2.11 bits per heavy atom. The lowest BCUT2D eigenvalue weighted by molar-refractivity contribution is 0.602. The van der Waals surface area contributed by atoms with Crippen molar-refractivity contribution < 1.29 is 4.39 Å². The summed E-state index contributed by atoms with van der Waals surface area (Å²) in [7, 11) is 0. The number of aromatic nitrogens is 5. The molecule has 5 rings (SSSR count). The molecule has 1 aliphatic carbocycles. The zero-order valence-corrected chi connectivity index (χ0v) is 14.5. The second kappa shape index (κ2) is 6.08. The number of nitrogens with zero attached hydrogens (tertiary/aromatic N) is 3. The van der Waals surface area contributed by atoms with Crippen LogP contribution >= 0.6 is 0 Å². The first-order valence-electron chi connectivity index (χ1n) is 8.86. The van der Waals surface area contributed by atoms with Gasteiger partial charge in [0.1, 0.15) is 0 Å². The van der Waals surface area contributed by atoms with E-state index in [9.17, 15) is 0 Å². The van der Waals surface area contributed by atoms with Crippen LogP contribution < -0.4 is 11.1 Å². The molecular formula is C19H18FN7. The lowest BCUT2D eigenvalue weighted by Crippen LogP contribution is -2.08. The number of nitrogen functional groups attached to an aromatic ring is 1. The predicted molar refractivity (Wildman–Crippen MR) is 101 cm³/mol. The quantitative estimate of drug-likeness (QED) is 0.433. The van der Waals surface area contributed by atoms with Crippen LogP contribution in [0.15, 0.2) is 36.5 Å². The van der Waals surface area contributed by atoms with E-state index >= 15 is 4.39 Å². The van der Waals surface area contributed by atoms with Crippen molar-refractivity contribution in [3.05, 3.63) is 59.3 Å². The fourth-order valence-corrected chi connectivity index (χ4v) is 3.32. The molecule has 0 saturated heterocycles. The van der Waals surface area contributed by atoms with Crippen molar-refractivity contribution in [1.82, 2.24) is 25.1 Å². The Bertz CT molecular complexity index is 1130. The van der Waals surface area contributed by atoms with E-state index in [1.165, 1.54) is 0 Å². The second-order valence-corrected chi connectivity index (χ2v) is 6.83. The van der Waals surface area contributed by atoms with Crippen LogP contribution in [0, 0.1) is 5.82 Å². The largest absolute Gasteiger partial charge is 0.368 e. The molecule has 1 saturated carbocycles. The van der Waals surface area contributed by atoms with Crippen molar-refractivity contribution in [2.24, 2.45) is 0 Å². The molecule has 0 unspecified atom stereocenters. The average molecular weight is 363 g/mol. The van der Waals surface area contributed by atoms with Crippen molar-refractivity contribution in [1.29, 1.82) is 0 Å². The summed E-state index contributed by atoms with van der Waals surface area (Å²) in [5, 5.41) is 11.1. The maximum Gasteiger partial charge on any atom is 0.222 e. The van der Waals surface area contributed by atoms with Gasteiger partial charge in [0, 0.05) is 41.2 Å². The average Bonchev–Trinajstić information content (AvgIpc) is 3.20. The highest BCUT2D eigenvalue weighted by Gasteiger charge is 2.26. The van der Waals surface area contributed by atoms with Crippen LogP contribution in [-0.4, -0.2) is 25.1 Å². The lowest BCUT2D eigenvalue weighted by Gasteiger charge is -2.09. The van der Waals surface area contributed by atoms with E-state index in [4.69, 9.17) is 5.73 Å². The van der Waals surface area contributed by atoms with Crippen LogP contribution in [0.5, 0.6) is 0 Å². The van der Waals surface area contributed by atoms with Gasteiger partial charge in [0.25, 0.3) is 0 Å². The highest BCUT2D eigenvalue weighted by atomic mass is 19.1. The minimum absolute atomic E-state index is 0.0214. The van der Waals surface area contributed by atoms with Crippen LogP contribution in [0.1, 0.15) is 35.7 Å². The fourth-order valence-electron chi connectivity index (χ4n) is 3.32. The molecule has 0 bridgehead atoms. The minimum Gasteiger partial charge on any atom is -0.368 e. The van der Waals surface area contributed by atoms with Gasteiger partial charge in [-0.15, -0.1) is 0 Å². The molecule has 1 aliphatic rings. The number of benzene rings is 1. The number of aromatic amines is 2. The number of hydrogen-bond acceptors (Lipinski definition) is 5. The number of hydrogen-bond donors (Lipinski definition) is 4. The molecule has 0 aliphatic heterocycles. The van der Waals surface area contributed by atoms with Gasteiger partial charge in [-0.3, -0.25) is 5.10 Å². The minimum atomic E-state index is -0.521. The number of halogens is 1. The summed E-state index contributed by atoms with van der Waals surface area (Å²) in [5.41, 5.74) is 9.09. The molecule has 0 radical (unpaired) electrons. The Balaban J connectivity index is 1.47. The van der Waals surface area contributed by atoms with Gasteiger partial charge < -0.3 is 16.0 Å². The standard InChI is InChI=1S/C19H18FN7/c20-17-15(8-11-2-1-3-13-12(11)6-7-22-13)23-19(21)25-18(17)24-16-9-14(26-27-16)10-4-5-10/h1-3,6-7,9-10,22H,4-5,8H2,(H4,21,23,24,25,26,27). The zero-order valence-electron chi connectivity index (χ0n) is 14.5. The SMILES string of the molecule is Nc1nc(Cc2cccc3[nH]ccc23)c(F)c(Nc2cc(C3CC3)[nH]n2)n1. The van der Waals surface area contributed by atoms with Crippen molar-refractivity contribution >= 4 is 28.5 Å². The topological polar surface area (TPSA) is 108 Å². The maximum absolute atomic E-state index is 15.0. The third kappa shape index (κ3) is 2.99. The van der Waals surface area contributed by atoms with Gasteiger partial charge >= 0.3 is 0 Å². The zero-order chi connectivity index (χ0) is 18.4. The summed E-state index contributed by atoms with van der Waals surface area (Å²) in [6.45, 7) is 0. The van der Waals surface area contributed by atoms with Gasteiger partial charge in [-0.05, 0) is 30.5 Å². The molecule has 0 spiro atoms. The molecule has 0 amide bonds. The number of rotatable bonds is 5. The molecule has 7 nitrogen and oxygen atoms in total. The van der Waals surface area contributed by atoms with Gasteiger partial charge in [0.05, 0.1) is 5.69 Å². The van der Waals surface area contributed by atoms with Crippen molar-refractivity contribution in [3.63, 3.8) is 0 Å². The molecular weight excluding hydrogens is 345 g/mol. The Hall–Kier alpha value is -3.42. The molecule has 5 N–H and O–H groups in total. The van der Waals surface area contributed by atoms with Gasteiger partial charge in [0.2, 0.25) is 5.95 Å². The predicted octanol–water partition coefficient (Wildman–Crippen LogP) is 3.61. The van der Waals surface area contributed by atoms with E-state index < -0.39 is 5.82 Å². The number of H-pyrrole nitrogens is 2. The Kier molecular flexibility index (Phi) is 3.56. The van der Waals surface area contributed by atoms with Crippen LogP contribution in [0.3, 0.4) is 0 Å². The number of fused-ring (bicyclic) bond motifs is 1. The Labute approximate surface area is 154 Å². The highest BCUT2D eigenvalue weighted by Crippen LogP contribution is 2.39. The van der Waals surface area contributed by atoms with Crippen molar-refractivity contribution in [2.75, 3.05) is 11.1 Å². The van der Waals surface area contributed by atoms with E-state index in [1.54, 1.807) is 0 Å². The molecule has 3 aromatic heterocycles. The number of anilines is 3. The Morgan fingerprint density at radius 1 is 1.22 bits per heavy atom. The van der Waals surface area contributed by atoms with E-state index in [0.717, 1.165) is 35.0 Å². The first-order chi connectivity index (χ1) is 13.2. The number of nitrogens with two attached hydrogens (primary N) is 1. The monoisotopic (exact) mass is 363 g/mol. The van der Waals surface area contributed by atoms with Crippen molar-refractivity contribution in [2.45, 2.75) is 25.2 Å². The van der Waals surface area contributed by atoms with E-state index in [-0.39, 0.29) is 17.5 Å². The molecule has 8 heteroatoms.